The molecule has 0 saturated heterocycles. The Morgan fingerprint density at radius 2 is 2.12 bits per heavy atom. The molecule has 0 bridgehead atoms. The predicted molar refractivity (Wildman–Crippen MR) is 78.2 cm³/mol. The molecule has 0 fully saturated rings. The van der Waals surface area contributed by atoms with Crippen molar-refractivity contribution in [2.24, 2.45) is 0 Å². The van der Waals surface area contributed by atoms with Crippen molar-refractivity contribution in [1.29, 1.82) is 0 Å². The average molecular weight is 256 g/mol. The van der Waals surface area contributed by atoms with Gasteiger partial charge in [-0.1, -0.05) is 13.3 Å². The highest BCUT2D eigenvalue weighted by Crippen LogP contribution is 2.25. The summed E-state index contributed by atoms with van der Waals surface area (Å²) in [5.74, 6) is 0.636. The number of anilines is 3. The van der Waals surface area contributed by atoms with Gasteiger partial charge in [-0.15, -0.1) is 11.6 Å². The highest BCUT2D eigenvalue weighted by Gasteiger charge is 2.07. The fraction of sp³-hybridized carbons (Fsp3) is 0.538. The van der Waals surface area contributed by atoms with E-state index in [1.54, 1.807) is 0 Å². The lowest BCUT2D eigenvalue weighted by Gasteiger charge is -2.24. The zero-order chi connectivity index (χ0) is 12.7. The third-order valence-electron chi connectivity index (χ3n) is 2.81. The molecule has 0 aliphatic rings. The number of rotatable bonds is 7. The van der Waals surface area contributed by atoms with Gasteiger partial charge in [0.15, 0.2) is 0 Å². The van der Waals surface area contributed by atoms with Crippen LogP contribution in [0.1, 0.15) is 19.8 Å². The summed E-state index contributed by atoms with van der Waals surface area (Å²) in [6, 6.07) is 6.11. The number of hydrogen-bond donors (Lipinski definition) is 2. The molecule has 0 atom stereocenters. The van der Waals surface area contributed by atoms with Crippen LogP contribution >= 0.6 is 11.6 Å². The third kappa shape index (κ3) is 4.00. The largest absolute Gasteiger partial charge is 0.397 e. The van der Waals surface area contributed by atoms with E-state index in [-0.39, 0.29) is 0 Å². The molecule has 96 valence electrons. The van der Waals surface area contributed by atoms with Gasteiger partial charge in [0.25, 0.3) is 0 Å². The van der Waals surface area contributed by atoms with Gasteiger partial charge >= 0.3 is 0 Å². The molecule has 0 spiro atoms. The number of unbranched alkanes of at least 4 members (excludes halogenated alkanes) is 1. The maximum Gasteiger partial charge on any atom is 0.0572 e. The van der Waals surface area contributed by atoms with E-state index < -0.39 is 0 Å². The summed E-state index contributed by atoms with van der Waals surface area (Å²) < 4.78 is 0. The van der Waals surface area contributed by atoms with Crippen molar-refractivity contribution in [2.45, 2.75) is 19.8 Å². The van der Waals surface area contributed by atoms with E-state index in [4.69, 9.17) is 17.3 Å². The molecule has 17 heavy (non-hydrogen) atoms. The van der Waals surface area contributed by atoms with Gasteiger partial charge in [-0.2, -0.15) is 0 Å². The normalized spacial score (nSPS) is 10.3. The quantitative estimate of drug-likeness (QED) is 0.581. The molecule has 1 aromatic rings. The van der Waals surface area contributed by atoms with Crippen LogP contribution in [-0.2, 0) is 0 Å². The molecule has 3 N–H and O–H groups in total. The van der Waals surface area contributed by atoms with E-state index >= 15 is 0 Å². The number of nitrogens with one attached hydrogen (secondary N) is 1. The molecule has 0 aliphatic heterocycles. The number of benzene rings is 1. The minimum Gasteiger partial charge on any atom is -0.397 e. The highest BCUT2D eigenvalue weighted by atomic mass is 35.5. The summed E-state index contributed by atoms with van der Waals surface area (Å²) >= 11 is 5.84. The first-order valence-electron chi connectivity index (χ1n) is 6.11. The number of hydrogen-bond acceptors (Lipinski definition) is 3. The molecule has 0 aromatic heterocycles. The van der Waals surface area contributed by atoms with Crippen LogP contribution in [0.15, 0.2) is 18.2 Å². The zero-order valence-electron chi connectivity index (χ0n) is 10.7. The minimum absolute atomic E-state index is 0.636. The second kappa shape index (κ2) is 7.28. The highest BCUT2D eigenvalue weighted by molar-refractivity contribution is 6.18. The number of nitrogens with zero attached hydrogens (tertiary/aromatic N) is 1. The molecule has 0 unspecified atom stereocenters. The van der Waals surface area contributed by atoms with E-state index in [2.05, 4.69) is 23.2 Å². The number of nitrogen functional groups attached to an aromatic ring is 1. The van der Waals surface area contributed by atoms with Gasteiger partial charge in [-0.05, 0) is 24.6 Å². The van der Waals surface area contributed by atoms with Crippen molar-refractivity contribution >= 4 is 28.7 Å². The summed E-state index contributed by atoms with van der Waals surface area (Å²) in [6.07, 6.45) is 2.35. The van der Waals surface area contributed by atoms with Gasteiger partial charge in [0.1, 0.15) is 0 Å². The van der Waals surface area contributed by atoms with E-state index in [0.717, 1.165) is 30.2 Å². The first-order chi connectivity index (χ1) is 8.22. The molecule has 1 rings (SSSR count). The smallest absolute Gasteiger partial charge is 0.0572 e. The molecular weight excluding hydrogens is 234 g/mol. The van der Waals surface area contributed by atoms with E-state index in [9.17, 15) is 0 Å². The second-order valence-electron chi connectivity index (χ2n) is 4.05. The Labute approximate surface area is 109 Å². The van der Waals surface area contributed by atoms with Crippen LogP contribution < -0.4 is 16.0 Å². The van der Waals surface area contributed by atoms with Crippen LogP contribution in [0.4, 0.5) is 17.1 Å². The van der Waals surface area contributed by atoms with Gasteiger partial charge in [0.05, 0.1) is 11.4 Å². The van der Waals surface area contributed by atoms with E-state index in [1.807, 2.05) is 19.2 Å². The van der Waals surface area contributed by atoms with Gasteiger partial charge < -0.3 is 16.0 Å². The molecule has 0 aliphatic carbocycles. The second-order valence-corrected chi connectivity index (χ2v) is 4.43. The standard InChI is InChI=1S/C13H22ClN3/c1-3-4-8-17(9-7-14)11-5-6-13(16-2)12(15)10-11/h5-6,10,16H,3-4,7-9,15H2,1-2H3. The summed E-state index contributed by atoms with van der Waals surface area (Å²) in [4.78, 5) is 2.28. The zero-order valence-corrected chi connectivity index (χ0v) is 11.4. The van der Waals surface area contributed by atoms with E-state index in [0.29, 0.717) is 5.88 Å². The number of halogens is 1. The lowest BCUT2D eigenvalue weighted by Crippen LogP contribution is -2.26. The molecule has 0 amide bonds. The van der Waals surface area contributed by atoms with Crippen molar-refractivity contribution in [1.82, 2.24) is 0 Å². The van der Waals surface area contributed by atoms with Crippen molar-refractivity contribution < 1.29 is 0 Å². The molecule has 1 aromatic carbocycles. The number of nitrogens with two attached hydrogens (primary N) is 1. The number of alkyl halides is 1. The van der Waals surface area contributed by atoms with Crippen LogP contribution in [0.2, 0.25) is 0 Å². The van der Waals surface area contributed by atoms with Gasteiger partial charge in [-0.25, -0.2) is 0 Å². The van der Waals surface area contributed by atoms with Gasteiger partial charge in [0.2, 0.25) is 0 Å². The van der Waals surface area contributed by atoms with Crippen LogP contribution in [-0.4, -0.2) is 26.0 Å². The topological polar surface area (TPSA) is 41.3 Å². The van der Waals surface area contributed by atoms with Gasteiger partial charge in [0, 0.05) is 31.7 Å². The Hall–Kier alpha value is -1.09. The Balaban J connectivity index is 2.82. The fourth-order valence-corrected chi connectivity index (χ4v) is 2.00. The summed E-state index contributed by atoms with van der Waals surface area (Å²) in [7, 11) is 1.87. The van der Waals surface area contributed by atoms with Crippen molar-refractivity contribution in [2.75, 3.05) is 42.0 Å². The summed E-state index contributed by atoms with van der Waals surface area (Å²) in [5.41, 5.74) is 8.87. The van der Waals surface area contributed by atoms with Crippen LogP contribution in [0.3, 0.4) is 0 Å². The van der Waals surface area contributed by atoms with Crippen molar-refractivity contribution in [3.8, 4) is 0 Å². The van der Waals surface area contributed by atoms with Gasteiger partial charge in [-0.3, -0.25) is 0 Å². The maximum absolute atomic E-state index is 5.97. The Bertz CT molecular complexity index is 341. The van der Waals surface area contributed by atoms with Crippen molar-refractivity contribution in [3.05, 3.63) is 18.2 Å². The SMILES string of the molecule is CCCCN(CCCl)c1ccc(NC)c(N)c1. The maximum atomic E-state index is 5.97. The van der Waals surface area contributed by atoms with E-state index in [1.165, 1.54) is 12.8 Å². The predicted octanol–water partition coefficient (Wildman–Crippen LogP) is 3.16. The van der Waals surface area contributed by atoms with Crippen LogP contribution in [0.25, 0.3) is 0 Å². The molecule has 0 heterocycles. The third-order valence-corrected chi connectivity index (χ3v) is 2.97. The lowest BCUT2D eigenvalue weighted by atomic mass is 10.2. The Morgan fingerprint density at radius 1 is 1.35 bits per heavy atom. The fourth-order valence-electron chi connectivity index (χ4n) is 1.80. The molecular formula is C13H22ClN3. The summed E-state index contributed by atoms with van der Waals surface area (Å²) in [5, 5.41) is 3.07. The Kier molecular flexibility index (Phi) is 5.98. The minimum atomic E-state index is 0.636. The molecule has 0 saturated carbocycles. The monoisotopic (exact) mass is 255 g/mol. The molecule has 4 heteroatoms. The Morgan fingerprint density at radius 3 is 2.65 bits per heavy atom. The van der Waals surface area contributed by atoms with Crippen LogP contribution in [0, 0.1) is 0 Å². The first-order valence-corrected chi connectivity index (χ1v) is 6.64. The van der Waals surface area contributed by atoms with Crippen LogP contribution in [0.5, 0.6) is 0 Å². The summed E-state index contributed by atoms with van der Waals surface area (Å²) in [6.45, 7) is 4.08. The molecule has 0 radical (unpaired) electrons. The van der Waals surface area contributed by atoms with Crippen molar-refractivity contribution in [3.63, 3.8) is 0 Å². The first kappa shape index (κ1) is 14.0. The lowest BCUT2D eigenvalue weighted by molar-refractivity contribution is 0.734. The average Bonchev–Trinajstić information content (AvgIpc) is 2.34. The molecule has 3 nitrogen and oxygen atoms in total.